The Morgan fingerprint density at radius 2 is 1.70 bits per heavy atom. The first kappa shape index (κ1) is 20.9. The molecule has 2 heteroatoms. The minimum absolute atomic E-state index is 0.180. The zero-order chi connectivity index (χ0) is 22.5. The molecule has 3 aromatic rings. The highest BCUT2D eigenvalue weighted by Gasteiger charge is 2.31. The van der Waals surface area contributed by atoms with Gasteiger partial charge in [0.25, 0.3) is 0 Å². The van der Waals surface area contributed by atoms with Crippen molar-refractivity contribution in [3.8, 4) is 11.1 Å². The highest BCUT2D eigenvalue weighted by Crippen LogP contribution is 2.44. The summed E-state index contributed by atoms with van der Waals surface area (Å²) < 4.78 is 13.7. The summed E-state index contributed by atoms with van der Waals surface area (Å²) in [5, 5.41) is 2.66. The highest BCUT2D eigenvalue weighted by atomic mass is 19.1. The molecule has 1 fully saturated rings. The van der Waals surface area contributed by atoms with Crippen LogP contribution in [0.4, 0.5) is 4.39 Å². The van der Waals surface area contributed by atoms with E-state index in [0.29, 0.717) is 12.0 Å². The number of nitrogens with zero attached hydrogens (tertiary/aromatic N) is 1. The van der Waals surface area contributed by atoms with E-state index >= 15 is 0 Å². The van der Waals surface area contributed by atoms with Crippen molar-refractivity contribution in [2.75, 3.05) is 13.1 Å². The molecular weight excluding hydrogens is 405 g/mol. The van der Waals surface area contributed by atoms with E-state index in [-0.39, 0.29) is 5.82 Å². The fourth-order valence-corrected chi connectivity index (χ4v) is 6.26. The SMILES string of the molecule is CC(C)c1cc(-c2ccc(F)cc2)c2c3c(ccc2c1)C1=C(CC3)C(N2CCCC2)CC=C1. The van der Waals surface area contributed by atoms with Crippen molar-refractivity contribution in [3.63, 3.8) is 0 Å². The van der Waals surface area contributed by atoms with Gasteiger partial charge in [-0.1, -0.05) is 62.4 Å². The van der Waals surface area contributed by atoms with E-state index in [0.717, 1.165) is 24.8 Å². The zero-order valence-electron chi connectivity index (χ0n) is 19.7. The third-order valence-electron chi connectivity index (χ3n) is 7.98. The summed E-state index contributed by atoms with van der Waals surface area (Å²) >= 11 is 0. The Kier molecular flexibility index (Phi) is 5.22. The molecule has 0 radical (unpaired) electrons. The first-order valence-electron chi connectivity index (χ1n) is 12.6. The fraction of sp³-hybridized carbons (Fsp3) is 0.355. The van der Waals surface area contributed by atoms with Gasteiger partial charge in [-0.3, -0.25) is 4.90 Å². The summed E-state index contributed by atoms with van der Waals surface area (Å²) in [5.41, 5.74) is 9.66. The number of hydrogen-bond donors (Lipinski definition) is 0. The number of halogens is 1. The normalized spacial score (nSPS) is 20.5. The first-order valence-corrected chi connectivity index (χ1v) is 12.6. The fourth-order valence-electron chi connectivity index (χ4n) is 6.26. The van der Waals surface area contributed by atoms with Gasteiger partial charge in [0.15, 0.2) is 0 Å². The molecule has 1 aliphatic heterocycles. The largest absolute Gasteiger partial charge is 0.296 e. The van der Waals surface area contributed by atoms with Crippen molar-refractivity contribution in [2.24, 2.45) is 0 Å². The maximum Gasteiger partial charge on any atom is 0.123 e. The average molecular weight is 438 g/mol. The molecule has 0 spiro atoms. The number of fused-ring (bicyclic) bond motifs is 4. The predicted octanol–water partition coefficient (Wildman–Crippen LogP) is 7.89. The lowest BCUT2D eigenvalue weighted by Crippen LogP contribution is -2.36. The van der Waals surface area contributed by atoms with Crippen molar-refractivity contribution in [1.82, 2.24) is 4.90 Å². The summed E-state index contributed by atoms with van der Waals surface area (Å²) in [7, 11) is 0. The molecule has 0 N–H and O–H groups in total. The molecule has 0 amide bonds. The lowest BCUT2D eigenvalue weighted by Gasteiger charge is -2.36. The van der Waals surface area contributed by atoms with Crippen molar-refractivity contribution >= 4 is 16.3 Å². The molecule has 1 saturated heterocycles. The van der Waals surface area contributed by atoms with Crippen LogP contribution in [0, 0.1) is 5.82 Å². The Morgan fingerprint density at radius 1 is 0.909 bits per heavy atom. The summed E-state index contributed by atoms with van der Waals surface area (Å²) in [4.78, 5) is 2.71. The second-order valence-corrected chi connectivity index (χ2v) is 10.3. The number of hydrogen-bond acceptors (Lipinski definition) is 1. The van der Waals surface area contributed by atoms with E-state index in [4.69, 9.17) is 0 Å². The highest BCUT2D eigenvalue weighted by molar-refractivity contribution is 6.03. The zero-order valence-corrected chi connectivity index (χ0v) is 19.7. The van der Waals surface area contributed by atoms with Crippen LogP contribution in [0.15, 0.2) is 66.3 Å². The van der Waals surface area contributed by atoms with Gasteiger partial charge >= 0.3 is 0 Å². The smallest absolute Gasteiger partial charge is 0.123 e. The minimum Gasteiger partial charge on any atom is -0.296 e. The van der Waals surface area contributed by atoms with Gasteiger partial charge in [0, 0.05) is 6.04 Å². The average Bonchev–Trinajstić information content (AvgIpc) is 3.37. The Hall–Kier alpha value is -2.71. The predicted molar refractivity (Wildman–Crippen MR) is 137 cm³/mol. The number of benzene rings is 3. The van der Waals surface area contributed by atoms with Crippen molar-refractivity contribution < 1.29 is 4.39 Å². The van der Waals surface area contributed by atoms with Crippen LogP contribution < -0.4 is 0 Å². The summed E-state index contributed by atoms with van der Waals surface area (Å²) in [6.45, 7) is 6.98. The second kappa shape index (κ2) is 8.25. The Morgan fingerprint density at radius 3 is 2.45 bits per heavy atom. The Balaban J connectivity index is 1.56. The van der Waals surface area contributed by atoms with Gasteiger partial charge in [0.1, 0.15) is 5.82 Å². The number of allylic oxidation sites excluding steroid dienone is 2. The van der Waals surface area contributed by atoms with Gasteiger partial charge in [0.2, 0.25) is 0 Å². The molecule has 0 saturated carbocycles. The van der Waals surface area contributed by atoms with Crippen LogP contribution in [0.2, 0.25) is 0 Å². The van der Waals surface area contributed by atoms with Gasteiger partial charge in [-0.05, 0) is 113 Å². The third kappa shape index (κ3) is 3.56. The van der Waals surface area contributed by atoms with E-state index in [1.807, 2.05) is 12.1 Å². The van der Waals surface area contributed by atoms with Crippen LogP contribution in [0.25, 0.3) is 27.5 Å². The van der Waals surface area contributed by atoms with E-state index in [9.17, 15) is 4.39 Å². The molecule has 2 aliphatic carbocycles. The van der Waals surface area contributed by atoms with Crippen LogP contribution in [-0.2, 0) is 6.42 Å². The monoisotopic (exact) mass is 437 g/mol. The number of rotatable bonds is 3. The summed E-state index contributed by atoms with van der Waals surface area (Å²) in [6.07, 6.45) is 10.8. The van der Waals surface area contributed by atoms with Crippen LogP contribution in [0.3, 0.4) is 0 Å². The molecule has 1 nitrogen and oxygen atoms in total. The standard InChI is InChI=1S/C31H32FN/c1-20(2)23-18-22-10-13-26-25-6-5-7-30(33-16-3-4-17-33)27(25)14-15-28(26)31(22)29(19-23)21-8-11-24(32)12-9-21/h5-6,8-13,18-20,30H,3-4,7,14-17H2,1-2H3. The Bertz CT molecular complexity index is 1270. The minimum atomic E-state index is -0.180. The van der Waals surface area contributed by atoms with Crippen molar-refractivity contribution in [1.29, 1.82) is 0 Å². The summed E-state index contributed by atoms with van der Waals surface area (Å²) in [6, 6.07) is 17.0. The molecule has 6 rings (SSSR count). The lowest BCUT2D eigenvalue weighted by atomic mass is 9.76. The molecule has 0 bridgehead atoms. The maximum atomic E-state index is 13.7. The topological polar surface area (TPSA) is 3.24 Å². The lowest BCUT2D eigenvalue weighted by molar-refractivity contribution is 0.269. The maximum absolute atomic E-state index is 13.7. The number of likely N-dealkylation sites (tertiary alicyclic amines) is 1. The molecule has 3 aromatic carbocycles. The van der Waals surface area contributed by atoms with Crippen molar-refractivity contribution in [3.05, 3.63) is 88.8 Å². The Labute approximate surface area is 196 Å². The van der Waals surface area contributed by atoms with Crippen LogP contribution >= 0.6 is 0 Å². The molecule has 168 valence electrons. The van der Waals surface area contributed by atoms with Crippen molar-refractivity contribution in [2.45, 2.75) is 57.9 Å². The van der Waals surface area contributed by atoms with Gasteiger partial charge in [-0.15, -0.1) is 0 Å². The van der Waals surface area contributed by atoms with Gasteiger partial charge < -0.3 is 0 Å². The molecule has 1 unspecified atom stereocenters. The van der Waals surface area contributed by atoms with Crippen LogP contribution in [0.5, 0.6) is 0 Å². The molecule has 1 atom stereocenters. The van der Waals surface area contributed by atoms with Gasteiger partial charge in [-0.2, -0.15) is 0 Å². The van der Waals surface area contributed by atoms with E-state index in [2.05, 4.69) is 55.2 Å². The molecule has 1 heterocycles. The molecule has 0 aromatic heterocycles. The van der Waals surface area contributed by atoms with E-state index in [1.165, 1.54) is 64.5 Å². The van der Waals surface area contributed by atoms with Gasteiger partial charge in [-0.25, -0.2) is 4.39 Å². The van der Waals surface area contributed by atoms with E-state index in [1.54, 1.807) is 17.7 Å². The molecule has 3 aliphatic rings. The van der Waals surface area contributed by atoms with E-state index < -0.39 is 0 Å². The molecule has 33 heavy (non-hydrogen) atoms. The van der Waals surface area contributed by atoms with Crippen LogP contribution in [0.1, 0.15) is 62.1 Å². The first-order chi connectivity index (χ1) is 16.1. The third-order valence-corrected chi connectivity index (χ3v) is 7.98. The summed E-state index contributed by atoms with van der Waals surface area (Å²) in [5.74, 6) is 0.265. The number of aryl methyl sites for hydroxylation is 1. The van der Waals surface area contributed by atoms with Crippen LogP contribution in [-0.4, -0.2) is 24.0 Å². The van der Waals surface area contributed by atoms with Gasteiger partial charge in [0.05, 0.1) is 0 Å². The molecular formula is C31H32FN. The quantitative estimate of drug-likeness (QED) is 0.403. The second-order valence-electron chi connectivity index (χ2n) is 10.3.